The van der Waals surface area contributed by atoms with E-state index in [2.05, 4.69) is 74.1 Å². The van der Waals surface area contributed by atoms with Crippen LogP contribution in [-0.2, 0) is 4.79 Å². The number of carbonyl (C=O) groups excluding carboxylic acids is 1. The van der Waals surface area contributed by atoms with E-state index in [-0.39, 0.29) is 12.0 Å². The fourth-order valence-electron chi connectivity index (χ4n) is 5.23. The van der Waals surface area contributed by atoms with E-state index >= 15 is 0 Å². The highest BCUT2D eigenvalue weighted by Crippen LogP contribution is 2.48. The maximum absolute atomic E-state index is 13.5. The molecule has 28 heavy (non-hydrogen) atoms. The number of hydrogen-bond acceptors (Lipinski definition) is 3. The average Bonchev–Trinajstić information content (AvgIpc) is 3.06. The number of carbonyl (C=O) groups is 1. The van der Waals surface area contributed by atoms with E-state index in [1.54, 1.807) is 0 Å². The predicted octanol–water partition coefficient (Wildman–Crippen LogP) is 4.20. The monoisotopic (exact) mass is 381 g/mol. The molecule has 1 aliphatic carbocycles. The Labute approximate surface area is 170 Å². The summed E-state index contributed by atoms with van der Waals surface area (Å²) >= 11 is 0. The number of nitrogens with one attached hydrogen (secondary N) is 1. The van der Waals surface area contributed by atoms with Crippen molar-refractivity contribution < 1.29 is 4.79 Å². The highest BCUT2D eigenvalue weighted by molar-refractivity contribution is 5.87. The molecular formula is C24H35N3O. The number of rotatable bonds is 5. The fraction of sp³-hybridized carbons (Fsp3) is 0.625. The third kappa shape index (κ3) is 3.36. The number of anilines is 1. The van der Waals surface area contributed by atoms with Gasteiger partial charge < -0.3 is 10.2 Å². The number of nitrogens with zero attached hydrogens (tertiary/aromatic N) is 2. The predicted molar refractivity (Wildman–Crippen MR) is 116 cm³/mol. The molecule has 1 N–H and O–H groups in total. The van der Waals surface area contributed by atoms with Crippen LogP contribution in [0.1, 0.15) is 57.6 Å². The molecule has 1 unspecified atom stereocenters. The number of fused-ring (bicyclic) bond motifs is 2. The minimum atomic E-state index is -0.0485. The van der Waals surface area contributed by atoms with Gasteiger partial charge in [-0.15, -0.1) is 0 Å². The SMILES string of the molecule is CC(C)CCN(C(=O)[C@@H]1C=C2c3cccc4c3C(CN4)C[C@H]2N(C)C1)C(C)C. The first-order chi connectivity index (χ1) is 13.4. The zero-order chi connectivity index (χ0) is 20.0. The van der Waals surface area contributed by atoms with Crippen molar-refractivity contribution in [2.45, 2.75) is 58.5 Å². The zero-order valence-corrected chi connectivity index (χ0v) is 18.0. The molecule has 0 bridgehead atoms. The molecule has 0 radical (unpaired) electrons. The molecule has 0 spiro atoms. The van der Waals surface area contributed by atoms with Gasteiger partial charge in [0.25, 0.3) is 0 Å². The van der Waals surface area contributed by atoms with Crippen LogP contribution in [-0.4, -0.2) is 54.5 Å². The van der Waals surface area contributed by atoms with Crippen molar-refractivity contribution in [2.75, 3.05) is 32.0 Å². The Hall–Kier alpha value is -1.81. The molecule has 2 heterocycles. The van der Waals surface area contributed by atoms with E-state index in [0.29, 0.717) is 23.8 Å². The van der Waals surface area contributed by atoms with Gasteiger partial charge in [-0.05, 0) is 62.4 Å². The highest BCUT2D eigenvalue weighted by Gasteiger charge is 2.41. The van der Waals surface area contributed by atoms with E-state index in [0.717, 1.165) is 32.5 Å². The van der Waals surface area contributed by atoms with Crippen LogP contribution in [0.15, 0.2) is 24.3 Å². The lowest BCUT2D eigenvalue weighted by atomic mass is 9.74. The molecule has 3 aliphatic rings. The van der Waals surface area contributed by atoms with Gasteiger partial charge in [0, 0.05) is 43.3 Å². The van der Waals surface area contributed by atoms with Gasteiger partial charge in [-0.1, -0.05) is 32.1 Å². The maximum atomic E-state index is 13.5. The molecule has 4 heteroatoms. The van der Waals surface area contributed by atoms with Crippen molar-refractivity contribution in [2.24, 2.45) is 11.8 Å². The number of hydrogen-bond donors (Lipinski definition) is 1. The molecule has 152 valence electrons. The molecule has 0 saturated carbocycles. The van der Waals surface area contributed by atoms with Crippen LogP contribution in [0.3, 0.4) is 0 Å². The molecule has 1 aromatic carbocycles. The van der Waals surface area contributed by atoms with Crippen LogP contribution in [0.5, 0.6) is 0 Å². The van der Waals surface area contributed by atoms with Crippen LogP contribution in [0.25, 0.3) is 5.57 Å². The molecule has 1 aromatic rings. The van der Waals surface area contributed by atoms with Crippen LogP contribution in [0.2, 0.25) is 0 Å². The van der Waals surface area contributed by atoms with Gasteiger partial charge in [-0.25, -0.2) is 0 Å². The zero-order valence-electron chi connectivity index (χ0n) is 18.0. The molecule has 2 aliphatic heterocycles. The quantitative estimate of drug-likeness (QED) is 0.830. The maximum Gasteiger partial charge on any atom is 0.231 e. The van der Waals surface area contributed by atoms with Gasteiger partial charge in [-0.3, -0.25) is 9.69 Å². The summed E-state index contributed by atoms with van der Waals surface area (Å²) < 4.78 is 0. The van der Waals surface area contributed by atoms with Crippen molar-refractivity contribution in [3.63, 3.8) is 0 Å². The first-order valence-corrected chi connectivity index (χ1v) is 11.0. The standard InChI is InChI=1S/C24H35N3O/c1-15(2)9-10-27(16(3)4)24(28)18-11-20-19-7-6-8-21-23(19)17(13-25-21)12-22(20)26(5)14-18/h6-8,11,15-18,22,25H,9-10,12-14H2,1-5H3/t17?,18-,22-/m1/s1. The Balaban J connectivity index is 1.65. The molecule has 4 nitrogen and oxygen atoms in total. The Morgan fingerprint density at radius 2 is 2.07 bits per heavy atom. The Bertz CT molecular complexity index is 782. The summed E-state index contributed by atoms with van der Waals surface area (Å²) in [4.78, 5) is 18.0. The lowest BCUT2D eigenvalue weighted by molar-refractivity contribution is -0.136. The van der Waals surface area contributed by atoms with Crippen molar-refractivity contribution in [1.82, 2.24) is 9.80 Å². The lowest BCUT2D eigenvalue weighted by Gasteiger charge is -2.43. The molecule has 3 atom stereocenters. The third-order valence-electron chi connectivity index (χ3n) is 6.80. The van der Waals surface area contributed by atoms with Crippen LogP contribution < -0.4 is 5.32 Å². The second kappa shape index (κ2) is 7.55. The number of amides is 1. The molecule has 1 amide bonds. The molecule has 4 rings (SSSR count). The summed E-state index contributed by atoms with van der Waals surface area (Å²) in [6, 6.07) is 7.28. The number of benzene rings is 1. The average molecular weight is 382 g/mol. The van der Waals surface area contributed by atoms with Gasteiger partial charge in [0.05, 0.1) is 5.92 Å². The smallest absolute Gasteiger partial charge is 0.231 e. The van der Waals surface area contributed by atoms with Gasteiger partial charge in [-0.2, -0.15) is 0 Å². The van der Waals surface area contributed by atoms with E-state index < -0.39 is 0 Å². The summed E-state index contributed by atoms with van der Waals surface area (Å²) in [5.74, 6) is 1.45. The van der Waals surface area contributed by atoms with Gasteiger partial charge >= 0.3 is 0 Å². The first kappa shape index (κ1) is 19.5. The minimum absolute atomic E-state index is 0.0485. The summed E-state index contributed by atoms with van der Waals surface area (Å²) in [7, 11) is 2.20. The van der Waals surface area contributed by atoms with E-state index in [1.165, 1.54) is 22.4 Å². The van der Waals surface area contributed by atoms with E-state index in [4.69, 9.17) is 0 Å². The largest absolute Gasteiger partial charge is 0.384 e. The normalized spacial score (nSPS) is 26.0. The summed E-state index contributed by atoms with van der Waals surface area (Å²) in [5.41, 5.74) is 5.51. The second-order valence-electron chi connectivity index (χ2n) is 9.57. The summed E-state index contributed by atoms with van der Waals surface area (Å²) in [6.07, 6.45) is 4.52. The molecule has 0 fully saturated rings. The lowest BCUT2D eigenvalue weighted by Crippen LogP contribution is -2.49. The molecule has 0 saturated heterocycles. The van der Waals surface area contributed by atoms with E-state index in [1.807, 2.05) is 0 Å². The second-order valence-corrected chi connectivity index (χ2v) is 9.57. The molecule has 0 aromatic heterocycles. The van der Waals surface area contributed by atoms with Crippen molar-refractivity contribution >= 4 is 17.2 Å². The Morgan fingerprint density at radius 3 is 2.79 bits per heavy atom. The van der Waals surface area contributed by atoms with Gasteiger partial charge in [0.15, 0.2) is 0 Å². The topological polar surface area (TPSA) is 35.6 Å². The highest BCUT2D eigenvalue weighted by atomic mass is 16.2. The van der Waals surface area contributed by atoms with Gasteiger partial charge in [0.2, 0.25) is 5.91 Å². The van der Waals surface area contributed by atoms with E-state index in [9.17, 15) is 4.79 Å². The van der Waals surface area contributed by atoms with Crippen LogP contribution in [0.4, 0.5) is 5.69 Å². The summed E-state index contributed by atoms with van der Waals surface area (Å²) in [5, 5.41) is 3.58. The number of likely N-dealkylation sites (N-methyl/N-ethyl adjacent to an activating group) is 1. The Morgan fingerprint density at radius 1 is 1.29 bits per heavy atom. The summed E-state index contributed by atoms with van der Waals surface area (Å²) in [6.45, 7) is 11.5. The Kier molecular flexibility index (Phi) is 5.26. The third-order valence-corrected chi connectivity index (χ3v) is 6.80. The van der Waals surface area contributed by atoms with Crippen molar-refractivity contribution in [1.29, 1.82) is 0 Å². The minimum Gasteiger partial charge on any atom is -0.384 e. The molecular weight excluding hydrogens is 346 g/mol. The van der Waals surface area contributed by atoms with Crippen molar-refractivity contribution in [3.8, 4) is 0 Å². The first-order valence-electron chi connectivity index (χ1n) is 11.0. The van der Waals surface area contributed by atoms with Crippen LogP contribution >= 0.6 is 0 Å². The van der Waals surface area contributed by atoms with Crippen LogP contribution in [0, 0.1) is 11.8 Å². The van der Waals surface area contributed by atoms with Gasteiger partial charge in [0.1, 0.15) is 0 Å². The fourth-order valence-corrected chi connectivity index (χ4v) is 5.23. The van der Waals surface area contributed by atoms with Crippen molar-refractivity contribution in [3.05, 3.63) is 35.4 Å².